The topological polar surface area (TPSA) is 49.6 Å². The summed E-state index contributed by atoms with van der Waals surface area (Å²) < 4.78 is 1.96. The number of fused-ring (bicyclic) bond motifs is 14. The standard InChI is InChI=1S/C17H9N4.C16H14N2.Ir/c1-2-5-12-11(4-1)8-20-17-15(12)13-6-3-7-19-16(13)14-9-18-10-21(14)17;1-17-10-16-14-8-3-2-6-12(14)13-7-4-5-9-15(13)18(16)11-17;/h1-8,10H;2-8,11,16H,10H2,1H3;/q-1;-2;+3. The number of aromatic nitrogens is 4. The molecule has 3 aromatic carbocycles. The molecule has 7 heteroatoms. The minimum atomic E-state index is 0. The number of anilines is 1. The maximum absolute atomic E-state index is 4.64. The predicted octanol–water partition coefficient (Wildman–Crippen LogP) is 6.46. The summed E-state index contributed by atoms with van der Waals surface area (Å²) in [6.45, 7) is 3.23. The molecule has 2 aliphatic rings. The smallest absolute Gasteiger partial charge is 0.521 e. The Hall–Kier alpha value is -4.16. The quantitative estimate of drug-likeness (QED) is 0.135. The van der Waals surface area contributed by atoms with Gasteiger partial charge in [0, 0.05) is 29.2 Å². The number of benzene rings is 3. The first-order valence-corrected chi connectivity index (χ1v) is 13.0. The van der Waals surface area contributed by atoms with E-state index >= 15 is 0 Å². The number of rotatable bonds is 0. The monoisotopic (exact) mass is 696 g/mol. The van der Waals surface area contributed by atoms with Gasteiger partial charge in [-0.05, 0) is 53.4 Å². The van der Waals surface area contributed by atoms with E-state index in [4.69, 9.17) is 0 Å². The summed E-state index contributed by atoms with van der Waals surface area (Å²) in [5, 5.41) is 4.49. The fourth-order valence-corrected chi connectivity index (χ4v) is 6.04. The van der Waals surface area contributed by atoms with Gasteiger partial charge in [-0.15, -0.1) is 11.3 Å². The van der Waals surface area contributed by atoms with Crippen LogP contribution in [0.1, 0.15) is 11.6 Å². The van der Waals surface area contributed by atoms with Crippen LogP contribution in [0.25, 0.3) is 49.4 Å². The van der Waals surface area contributed by atoms with Crippen molar-refractivity contribution >= 4 is 43.9 Å². The molecular weight excluding hydrogens is 673 g/mol. The molecule has 0 N–H and O–H groups in total. The van der Waals surface area contributed by atoms with Crippen molar-refractivity contribution in [2.24, 2.45) is 0 Å². The maximum atomic E-state index is 4.64. The minimum Gasteiger partial charge on any atom is -0.521 e. The van der Waals surface area contributed by atoms with Gasteiger partial charge in [0.15, 0.2) is 0 Å². The molecule has 4 aromatic heterocycles. The first-order valence-electron chi connectivity index (χ1n) is 13.0. The van der Waals surface area contributed by atoms with E-state index in [1.54, 1.807) is 12.5 Å². The molecular formula is C33H23IrN6. The van der Waals surface area contributed by atoms with Gasteiger partial charge in [-0.25, -0.2) is 4.98 Å². The summed E-state index contributed by atoms with van der Waals surface area (Å²) in [6, 6.07) is 31.1. The van der Waals surface area contributed by atoms with E-state index in [1.165, 1.54) is 27.8 Å². The van der Waals surface area contributed by atoms with Crippen LogP contribution >= 0.6 is 0 Å². The molecule has 0 bridgehead atoms. The van der Waals surface area contributed by atoms with Crippen molar-refractivity contribution in [3.63, 3.8) is 0 Å². The van der Waals surface area contributed by atoms with E-state index in [0.29, 0.717) is 6.04 Å². The Kier molecular flexibility index (Phi) is 6.08. The summed E-state index contributed by atoms with van der Waals surface area (Å²) >= 11 is 0. The van der Waals surface area contributed by atoms with Crippen molar-refractivity contribution in [2.75, 3.05) is 18.5 Å². The summed E-state index contributed by atoms with van der Waals surface area (Å²) in [7, 11) is 2.13. The molecule has 6 nitrogen and oxygen atoms in total. The third-order valence-corrected chi connectivity index (χ3v) is 7.71. The van der Waals surface area contributed by atoms with Gasteiger partial charge in [0.1, 0.15) is 5.65 Å². The van der Waals surface area contributed by atoms with Gasteiger partial charge in [-0.3, -0.25) is 0 Å². The third kappa shape index (κ3) is 3.74. The van der Waals surface area contributed by atoms with E-state index in [0.717, 1.165) is 39.4 Å². The van der Waals surface area contributed by atoms with Crippen LogP contribution in [0.15, 0.2) is 97.6 Å². The van der Waals surface area contributed by atoms with E-state index in [1.807, 2.05) is 34.9 Å². The molecule has 0 radical (unpaired) electrons. The SMILES string of the molecule is CN1[CH-]N2c3[c-]cccc3-c3ccccc3C2C1.[Ir+3].[c-]1ncn2c1c1ncccc1c1c3ccccc3cnc12. The van der Waals surface area contributed by atoms with Crippen molar-refractivity contribution in [3.05, 3.63) is 122 Å². The normalized spacial score (nSPS) is 15.8. The number of likely N-dealkylation sites (N-methyl/N-ethyl adjacent to an activating group) is 1. The number of pyridine rings is 3. The Balaban J connectivity index is 0.000000131. The van der Waals surface area contributed by atoms with E-state index in [2.05, 4.69) is 105 Å². The first kappa shape index (κ1) is 24.9. The molecule has 0 amide bonds. The fourth-order valence-electron chi connectivity index (χ4n) is 6.04. The Morgan fingerprint density at radius 3 is 2.67 bits per heavy atom. The number of para-hydroxylation sites is 1. The van der Waals surface area contributed by atoms with Gasteiger partial charge in [0.25, 0.3) is 0 Å². The zero-order chi connectivity index (χ0) is 25.9. The Bertz CT molecular complexity index is 1980. The van der Waals surface area contributed by atoms with Crippen LogP contribution < -0.4 is 4.90 Å². The molecule has 0 spiro atoms. The van der Waals surface area contributed by atoms with E-state index < -0.39 is 0 Å². The Labute approximate surface area is 245 Å². The summed E-state index contributed by atoms with van der Waals surface area (Å²) in [5.74, 6) is 0. The van der Waals surface area contributed by atoms with Gasteiger partial charge in [0.2, 0.25) is 0 Å². The molecule has 6 heterocycles. The van der Waals surface area contributed by atoms with Crippen LogP contribution in [0.5, 0.6) is 0 Å². The van der Waals surface area contributed by atoms with Crippen LogP contribution in [0.2, 0.25) is 0 Å². The number of hydrogen-bond donors (Lipinski definition) is 0. The van der Waals surface area contributed by atoms with Crippen molar-refractivity contribution in [1.82, 2.24) is 24.3 Å². The average molecular weight is 696 g/mol. The number of hydrogen-bond acceptors (Lipinski definition) is 5. The molecule has 40 heavy (non-hydrogen) atoms. The second kappa shape index (κ2) is 9.79. The molecule has 2 aliphatic heterocycles. The van der Waals surface area contributed by atoms with E-state index in [-0.39, 0.29) is 20.1 Å². The van der Waals surface area contributed by atoms with Gasteiger partial charge < -0.3 is 24.2 Å². The van der Waals surface area contributed by atoms with Crippen LogP contribution in [0, 0.1) is 18.9 Å². The molecule has 0 saturated carbocycles. The molecule has 1 fully saturated rings. The average Bonchev–Trinajstić information content (AvgIpc) is 3.65. The van der Waals surface area contributed by atoms with Crippen LogP contribution in [-0.2, 0) is 20.1 Å². The molecule has 1 saturated heterocycles. The van der Waals surface area contributed by atoms with Crippen LogP contribution in [0.4, 0.5) is 5.69 Å². The largest absolute Gasteiger partial charge is 3.00 e. The summed E-state index contributed by atoms with van der Waals surface area (Å²) in [6.07, 6.45) is 8.46. The first-order chi connectivity index (χ1) is 19.3. The molecule has 1 unspecified atom stereocenters. The summed E-state index contributed by atoms with van der Waals surface area (Å²) in [4.78, 5) is 17.9. The molecule has 7 aromatic rings. The van der Waals surface area contributed by atoms with Gasteiger partial charge in [-0.1, -0.05) is 66.4 Å². The Morgan fingerprint density at radius 2 is 1.73 bits per heavy atom. The predicted molar refractivity (Wildman–Crippen MR) is 155 cm³/mol. The van der Waals surface area contributed by atoms with Gasteiger partial charge in [0.05, 0.1) is 0 Å². The maximum Gasteiger partial charge on any atom is 3.00 e. The zero-order valence-electron chi connectivity index (χ0n) is 21.6. The molecule has 0 aliphatic carbocycles. The molecule has 194 valence electrons. The van der Waals surface area contributed by atoms with Crippen LogP contribution in [-0.4, -0.2) is 37.8 Å². The third-order valence-electron chi connectivity index (χ3n) is 7.71. The number of nitrogens with zero attached hydrogens (tertiary/aromatic N) is 6. The van der Waals surface area contributed by atoms with Crippen molar-refractivity contribution in [1.29, 1.82) is 0 Å². The van der Waals surface area contributed by atoms with Crippen molar-refractivity contribution in [2.45, 2.75) is 6.04 Å². The zero-order valence-corrected chi connectivity index (χ0v) is 24.0. The minimum absolute atomic E-state index is 0. The Morgan fingerprint density at radius 1 is 0.900 bits per heavy atom. The fraction of sp³-hybridized carbons (Fsp3) is 0.0909. The molecule has 1 atom stereocenters. The van der Waals surface area contributed by atoms with Crippen molar-refractivity contribution < 1.29 is 20.1 Å². The van der Waals surface area contributed by atoms with Crippen molar-refractivity contribution in [3.8, 4) is 11.1 Å². The van der Waals surface area contributed by atoms with Crippen LogP contribution in [0.3, 0.4) is 0 Å². The van der Waals surface area contributed by atoms with E-state index in [9.17, 15) is 0 Å². The van der Waals surface area contributed by atoms with Gasteiger partial charge >= 0.3 is 20.1 Å². The second-order valence-electron chi connectivity index (χ2n) is 10.0. The second-order valence-corrected chi connectivity index (χ2v) is 10.0. The molecule has 9 rings (SSSR count). The van der Waals surface area contributed by atoms with Gasteiger partial charge in [-0.2, -0.15) is 30.9 Å². The number of imidazole rings is 1. The summed E-state index contributed by atoms with van der Waals surface area (Å²) in [5.41, 5.74) is 7.92.